The van der Waals surface area contributed by atoms with Gasteiger partial charge in [0.05, 0.1) is 6.54 Å². The lowest BCUT2D eigenvalue weighted by Gasteiger charge is -2.27. The van der Waals surface area contributed by atoms with E-state index in [4.69, 9.17) is 0 Å². The Balaban J connectivity index is 1.50. The van der Waals surface area contributed by atoms with Gasteiger partial charge in [0.25, 0.3) is 11.5 Å². The highest BCUT2D eigenvalue weighted by Crippen LogP contribution is 2.21. The molecule has 0 aliphatic heterocycles. The number of aromatic nitrogens is 4. The third-order valence-corrected chi connectivity index (χ3v) is 5.19. The number of ketones is 1. The first-order valence-electron chi connectivity index (χ1n) is 9.49. The van der Waals surface area contributed by atoms with Crippen LogP contribution in [-0.2, 0) is 19.4 Å². The number of nitrogens with zero attached hydrogens (tertiary/aromatic N) is 3. The first-order valence-corrected chi connectivity index (χ1v) is 9.49. The van der Waals surface area contributed by atoms with Crippen LogP contribution in [0, 0.1) is 0 Å². The van der Waals surface area contributed by atoms with Crippen LogP contribution in [-0.4, -0.2) is 37.5 Å². The molecule has 0 spiro atoms. The summed E-state index contributed by atoms with van der Waals surface area (Å²) >= 11 is 0. The van der Waals surface area contributed by atoms with Crippen molar-refractivity contribution in [2.75, 3.05) is 0 Å². The number of Topliss-reactive ketones (excluding diaryl/α,β-unsaturated/α-hetero) is 1. The molecule has 1 amide bonds. The van der Waals surface area contributed by atoms with Crippen molar-refractivity contribution in [3.63, 3.8) is 0 Å². The lowest BCUT2D eigenvalue weighted by atomic mass is 9.91. The highest BCUT2D eigenvalue weighted by Gasteiger charge is 2.24. The van der Waals surface area contributed by atoms with Gasteiger partial charge >= 0.3 is 0 Å². The van der Waals surface area contributed by atoms with Gasteiger partial charge in [0, 0.05) is 37.1 Å². The molecule has 1 aliphatic rings. The van der Waals surface area contributed by atoms with Crippen LogP contribution in [0.1, 0.15) is 51.1 Å². The summed E-state index contributed by atoms with van der Waals surface area (Å²) in [6.07, 6.45) is 5.50. The minimum atomic E-state index is -0.288. The summed E-state index contributed by atoms with van der Waals surface area (Å²) in [6.45, 7) is 1.91. The van der Waals surface area contributed by atoms with Gasteiger partial charge in [-0.05, 0) is 48.6 Å². The summed E-state index contributed by atoms with van der Waals surface area (Å²) in [6, 6.07) is 8.64. The third kappa shape index (κ3) is 4.01. The Morgan fingerprint density at radius 3 is 2.76 bits per heavy atom. The van der Waals surface area contributed by atoms with E-state index in [1.54, 1.807) is 23.0 Å². The second-order valence-electron chi connectivity index (χ2n) is 7.22. The van der Waals surface area contributed by atoms with Crippen LogP contribution in [0.4, 0.5) is 0 Å². The molecule has 0 saturated carbocycles. The van der Waals surface area contributed by atoms with Gasteiger partial charge in [0.2, 0.25) is 0 Å². The summed E-state index contributed by atoms with van der Waals surface area (Å²) < 4.78 is 1.80. The van der Waals surface area contributed by atoms with Crippen molar-refractivity contribution in [1.82, 2.24) is 25.1 Å². The summed E-state index contributed by atoms with van der Waals surface area (Å²) in [5.41, 5.74) is 3.57. The van der Waals surface area contributed by atoms with Crippen molar-refractivity contribution >= 4 is 11.7 Å². The molecule has 4 rings (SSSR count). The summed E-state index contributed by atoms with van der Waals surface area (Å²) in [5.74, 6) is -0.484. The van der Waals surface area contributed by atoms with E-state index < -0.39 is 0 Å². The van der Waals surface area contributed by atoms with Crippen LogP contribution in [0.25, 0.3) is 0 Å². The van der Waals surface area contributed by atoms with Crippen LogP contribution in [0.15, 0.2) is 47.5 Å². The van der Waals surface area contributed by atoms with Gasteiger partial charge in [0.1, 0.15) is 11.4 Å². The van der Waals surface area contributed by atoms with Crippen molar-refractivity contribution in [3.8, 4) is 0 Å². The zero-order chi connectivity index (χ0) is 20.4. The first kappa shape index (κ1) is 18.8. The van der Waals surface area contributed by atoms with Crippen LogP contribution >= 0.6 is 0 Å². The van der Waals surface area contributed by atoms with Gasteiger partial charge in [0.15, 0.2) is 5.78 Å². The molecule has 29 heavy (non-hydrogen) atoms. The smallest absolute Gasteiger partial charge is 0.269 e. The van der Waals surface area contributed by atoms with Gasteiger partial charge in [-0.3, -0.25) is 24.5 Å². The van der Waals surface area contributed by atoms with E-state index in [-0.39, 0.29) is 34.7 Å². The van der Waals surface area contributed by atoms with Crippen LogP contribution < -0.4 is 10.9 Å². The second kappa shape index (κ2) is 7.83. The van der Waals surface area contributed by atoms with Gasteiger partial charge in [-0.25, -0.2) is 0 Å². The Bertz CT molecular complexity index is 1120. The number of carbonyl (C=O) groups is 2. The maximum Gasteiger partial charge on any atom is 0.269 e. The SMILES string of the molecule is CC(=O)c1cc(C(=O)NC2CCc3c(ccc(=O)n3Cc3ccncc3)C2)[nH]n1. The molecular weight excluding hydrogens is 370 g/mol. The molecule has 1 unspecified atom stereocenters. The molecule has 1 atom stereocenters. The standard InChI is InChI=1S/C21H21N5O3/c1-13(27)17-11-18(25-24-17)21(29)23-16-3-4-19-15(10-16)2-5-20(28)26(19)12-14-6-8-22-9-7-14/h2,5-9,11,16H,3-4,10,12H2,1H3,(H,23,29)(H,24,25). The molecule has 3 aromatic rings. The van der Waals surface area contributed by atoms with Crippen molar-refractivity contribution in [3.05, 3.63) is 81.3 Å². The largest absolute Gasteiger partial charge is 0.348 e. The highest BCUT2D eigenvalue weighted by molar-refractivity contribution is 5.97. The quantitative estimate of drug-likeness (QED) is 0.641. The molecule has 3 aromatic heterocycles. The average molecular weight is 391 g/mol. The van der Waals surface area contributed by atoms with E-state index >= 15 is 0 Å². The monoisotopic (exact) mass is 391 g/mol. The number of pyridine rings is 2. The van der Waals surface area contributed by atoms with Crippen molar-refractivity contribution < 1.29 is 9.59 Å². The summed E-state index contributed by atoms with van der Waals surface area (Å²) in [7, 11) is 0. The van der Waals surface area contributed by atoms with E-state index in [1.807, 2.05) is 18.2 Å². The van der Waals surface area contributed by atoms with E-state index in [1.165, 1.54) is 13.0 Å². The number of amides is 1. The van der Waals surface area contributed by atoms with Crippen LogP contribution in [0.3, 0.4) is 0 Å². The number of hydrogen-bond donors (Lipinski definition) is 2. The van der Waals surface area contributed by atoms with Crippen molar-refractivity contribution in [2.24, 2.45) is 0 Å². The Morgan fingerprint density at radius 2 is 2.03 bits per heavy atom. The zero-order valence-corrected chi connectivity index (χ0v) is 16.0. The summed E-state index contributed by atoms with van der Waals surface area (Å²) in [5, 5.41) is 9.45. The van der Waals surface area contributed by atoms with Crippen molar-refractivity contribution in [1.29, 1.82) is 0 Å². The number of rotatable bonds is 5. The molecule has 2 N–H and O–H groups in total. The fraction of sp³-hybridized carbons (Fsp3) is 0.286. The molecular formula is C21H21N5O3. The predicted molar refractivity (Wildman–Crippen MR) is 106 cm³/mol. The Kier molecular flexibility index (Phi) is 5.07. The molecule has 1 aliphatic carbocycles. The van der Waals surface area contributed by atoms with Crippen molar-refractivity contribution in [2.45, 2.75) is 38.8 Å². The topological polar surface area (TPSA) is 110 Å². The Hall–Kier alpha value is -3.55. The normalized spacial score (nSPS) is 15.6. The molecule has 8 heteroatoms. The molecule has 0 radical (unpaired) electrons. The number of aromatic amines is 1. The minimum absolute atomic E-state index is 0.0303. The number of nitrogens with one attached hydrogen (secondary N) is 2. The maximum absolute atomic E-state index is 12.5. The molecule has 0 fully saturated rings. The maximum atomic E-state index is 12.5. The lowest BCUT2D eigenvalue weighted by molar-refractivity contribution is 0.0928. The van der Waals surface area contributed by atoms with Crippen LogP contribution in [0.5, 0.6) is 0 Å². The predicted octanol–water partition coefficient (Wildman–Crippen LogP) is 1.50. The second-order valence-corrected chi connectivity index (χ2v) is 7.22. The van der Waals surface area contributed by atoms with Crippen LogP contribution in [0.2, 0.25) is 0 Å². The number of fused-ring (bicyclic) bond motifs is 1. The van der Waals surface area contributed by atoms with Gasteiger partial charge in [-0.15, -0.1) is 0 Å². The number of hydrogen-bond acceptors (Lipinski definition) is 5. The van der Waals surface area contributed by atoms with E-state index in [2.05, 4.69) is 20.5 Å². The number of carbonyl (C=O) groups excluding carboxylic acids is 2. The highest BCUT2D eigenvalue weighted by atomic mass is 16.2. The molecule has 3 heterocycles. The lowest BCUT2D eigenvalue weighted by Crippen LogP contribution is -2.40. The number of H-pyrrole nitrogens is 1. The molecule has 8 nitrogen and oxygen atoms in total. The fourth-order valence-electron chi connectivity index (χ4n) is 3.67. The Labute approximate surface area is 167 Å². The Morgan fingerprint density at radius 1 is 1.24 bits per heavy atom. The van der Waals surface area contributed by atoms with Gasteiger partial charge in [-0.2, -0.15) is 5.10 Å². The minimum Gasteiger partial charge on any atom is -0.348 e. The van der Waals surface area contributed by atoms with E-state index in [9.17, 15) is 14.4 Å². The molecule has 0 saturated heterocycles. The average Bonchev–Trinajstić information content (AvgIpc) is 3.22. The van der Waals surface area contributed by atoms with Gasteiger partial charge in [-0.1, -0.05) is 6.07 Å². The first-order chi connectivity index (χ1) is 14.0. The van der Waals surface area contributed by atoms with Gasteiger partial charge < -0.3 is 9.88 Å². The fourth-order valence-corrected chi connectivity index (χ4v) is 3.67. The third-order valence-electron chi connectivity index (χ3n) is 5.19. The van der Waals surface area contributed by atoms with E-state index in [0.717, 1.165) is 23.2 Å². The molecule has 0 aromatic carbocycles. The molecule has 148 valence electrons. The summed E-state index contributed by atoms with van der Waals surface area (Å²) in [4.78, 5) is 40.3. The zero-order valence-electron chi connectivity index (χ0n) is 16.0. The molecule has 0 bridgehead atoms. The van der Waals surface area contributed by atoms with E-state index in [0.29, 0.717) is 19.4 Å².